The summed E-state index contributed by atoms with van der Waals surface area (Å²) in [7, 11) is 1.76. The molecule has 0 spiro atoms. The Morgan fingerprint density at radius 1 is 1.47 bits per heavy atom. The molecule has 2 heterocycles. The van der Waals surface area contributed by atoms with Crippen LogP contribution in [0.4, 0.5) is 11.5 Å². The molecule has 19 heavy (non-hydrogen) atoms. The second-order valence-electron chi connectivity index (χ2n) is 4.79. The summed E-state index contributed by atoms with van der Waals surface area (Å²) in [5.41, 5.74) is 7.59. The first kappa shape index (κ1) is 12.2. The number of thiophene rings is 1. The van der Waals surface area contributed by atoms with Gasteiger partial charge in [0, 0.05) is 11.9 Å². The number of rotatable bonds is 2. The quantitative estimate of drug-likeness (QED) is 0.883. The van der Waals surface area contributed by atoms with Crippen molar-refractivity contribution in [1.82, 2.24) is 9.78 Å². The Hall–Kier alpha value is -1.82. The molecule has 0 saturated heterocycles. The Kier molecular flexibility index (Phi) is 3.02. The number of aryl methyl sites for hydroxylation is 3. The Morgan fingerprint density at radius 2 is 2.26 bits per heavy atom. The molecule has 0 fully saturated rings. The van der Waals surface area contributed by atoms with Crippen LogP contribution in [0, 0.1) is 0 Å². The molecule has 3 N–H and O–H groups in total. The lowest BCUT2D eigenvalue weighted by Crippen LogP contribution is -2.14. The number of anilines is 2. The highest BCUT2D eigenvalue weighted by atomic mass is 32.1. The molecule has 2 aromatic heterocycles. The maximum absolute atomic E-state index is 12.2. The molecule has 5 nitrogen and oxygen atoms in total. The summed E-state index contributed by atoms with van der Waals surface area (Å²) in [6, 6.07) is 2.01. The van der Waals surface area contributed by atoms with E-state index in [1.807, 2.05) is 6.07 Å². The highest BCUT2D eigenvalue weighted by molar-refractivity contribution is 7.14. The molecule has 0 saturated carbocycles. The van der Waals surface area contributed by atoms with Gasteiger partial charge in [-0.2, -0.15) is 5.10 Å². The predicted octanol–water partition coefficient (Wildman–Crippen LogP) is 2.19. The molecule has 1 aliphatic rings. The van der Waals surface area contributed by atoms with E-state index in [-0.39, 0.29) is 5.91 Å². The first-order valence-electron chi connectivity index (χ1n) is 6.35. The van der Waals surface area contributed by atoms with Crippen LogP contribution in [0.1, 0.15) is 33.0 Å². The van der Waals surface area contributed by atoms with Gasteiger partial charge in [0.1, 0.15) is 0 Å². The van der Waals surface area contributed by atoms with E-state index in [2.05, 4.69) is 10.4 Å². The first-order chi connectivity index (χ1) is 9.15. The number of carbonyl (C=O) groups excluding carboxylic acids is 1. The number of nitrogens with two attached hydrogens (primary N) is 1. The molecular weight excluding hydrogens is 260 g/mol. The minimum Gasteiger partial charge on any atom is -0.394 e. The summed E-state index contributed by atoms with van der Waals surface area (Å²) in [4.78, 5) is 14.3. The van der Waals surface area contributed by atoms with Crippen LogP contribution in [0.3, 0.4) is 0 Å². The molecule has 0 bridgehead atoms. The Balaban J connectivity index is 1.83. The van der Waals surface area contributed by atoms with Gasteiger partial charge in [0.15, 0.2) is 5.82 Å². The summed E-state index contributed by atoms with van der Waals surface area (Å²) >= 11 is 1.59. The topological polar surface area (TPSA) is 72.9 Å². The van der Waals surface area contributed by atoms with Gasteiger partial charge in [-0.15, -0.1) is 11.3 Å². The zero-order valence-corrected chi connectivity index (χ0v) is 11.6. The largest absolute Gasteiger partial charge is 0.394 e. The van der Waals surface area contributed by atoms with Crippen molar-refractivity contribution in [1.29, 1.82) is 0 Å². The van der Waals surface area contributed by atoms with Crippen LogP contribution in [-0.4, -0.2) is 15.7 Å². The second kappa shape index (κ2) is 4.70. The molecule has 1 aliphatic carbocycles. The minimum absolute atomic E-state index is 0.102. The number of amides is 1. The van der Waals surface area contributed by atoms with Crippen molar-refractivity contribution in [3.63, 3.8) is 0 Å². The van der Waals surface area contributed by atoms with Gasteiger partial charge < -0.3 is 11.1 Å². The van der Waals surface area contributed by atoms with Gasteiger partial charge >= 0.3 is 0 Å². The fourth-order valence-electron chi connectivity index (χ4n) is 2.38. The number of nitrogen functional groups attached to an aromatic ring is 1. The van der Waals surface area contributed by atoms with Crippen molar-refractivity contribution in [2.75, 3.05) is 11.1 Å². The molecule has 0 atom stereocenters. The molecular formula is C13H16N4OS. The molecule has 0 radical (unpaired) electrons. The van der Waals surface area contributed by atoms with E-state index in [9.17, 15) is 4.79 Å². The van der Waals surface area contributed by atoms with E-state index in [0.717, 1.165) is 17.7 Å². The fourth-order valence-corrected chi connectivity index (χ4v) is 3.53. The Bertz CT molecular complexity index is 586. The highest BCUT2D eigenvalue weighted by Crippen LogP contribution is 2.30. The number of aromatic nitrogens is 2. The summed E-state index contributed by atoms with van der Waals surface area (Å²) < 4.78 is 1.57. The highest BCUT2D eigenvalue weighted by Gasteiger charge is 2.18. The van der Waals surface area contributed by atoms with Crippen LogP contribution in [-0.2, 0) is 19.9 Å². The average Bonchev–Trinajstić information content (AvgIpc) is 2.97. The van der Waals surface area contributed by atoms with Crippen molar-refractivity contribution in [2.45, 2.75) is 25.7 Å². The standard InChI is InChI=1S/C13H16N4OS/c1-17-12(9(14)7-15-17)16-13(18)11-6-8-4-2-3-5-10(8)19-11/h6-7H,2-5,14H2,1H3,(H,16,18). The van der Waals surface area contributed by atoms with Crippen molar-refractivity contribution >= 4 is 28.7 Å². The zero-order valence-electron chi connectivity index (χ0n) is 10.8. The zero-order chi connectivity index (χ0) is 13.4. The van der Waals surface area contributed by atoms with Crippen LogP contribution < -0.4 is 11.1 Å². The molecule has 100 valence electrons. The molecule has 3 rings (SSSR count). The van der Waals surface area contributed by atoms with Crippen LogP contribution in [0.5, 0.6) is 0 Å². The normalized spacial score (nSPS) is 14.2. The molecule has 0 aliphatic heterocycles. The number of carbonyl (C=O) groups is 1. The van der Waals surface area contributed by atoms with Crippen molar-refractivity contribution < 1.29 is 4.79 Å². The first-order valence-corrected chi connectivity index (χ1v) is 7.17. The second-order valence-corrected chi connectivity index (χ2v) is 5.93. The minimum atomic E-state index is -0.102. The number of nitrogens with zero attached hydrogens (tertiary/aromatic N) is 2. The van der Waals surface area contributed by atoms with Gasteiger partial charge in [-0.05, 0) is 37.3 Å². The molecule has 6 heteroatoms. The SMILES string of the molecule is Cn1ncc(N)c1NC(=O)c1cc2c(s1)CCCC2. The Labute approximate surface area is 115 Å². The molecule has 0 aromatic carbocycles. The van der Waals surface area contributed by atoms with E-state index in [1.165, 1.54) is 29.5 Å². The lowest BCUT2D eigenvalue weighted by atomic mass is 9.99. The van der Waals surface area contributed by atoms with Gasteiger partial charge in [0.05, 0.1) is 16.8 Å². The van der Waals surface area contributed by atoms with Gasteiger partial charge in [-0.3, -0.25) is 9.48 Å². The lowest BCUT2D eigenvalue weighted by molar-refractivity contribution is 0.102. The van der Waals surface area contributed by atoms with Crippen LogP contribution in [0.2, 0.25) is 0 Å². The van der Waals surface area contributed by atoms with Crippen molar-refractivity contribution in [2.24, 2.45) is 7.05 Å². The molecule has 1 amide bonds. The average molecular weight is 276 g/mol. The number of nitrogens with one attached hydrogen (secondary N) is 1. The maximum atomic E-state index is 12.2. The van der Waals surface area contributed by atoms with Gasteiger partial charge in [-0.25, -0.2) is 0 Å². The van der Waals surface area contributed by atoms with Gasteiger partial charge in [0.2, 0.25) is 0 Å². The van der Waals surface area contributed by atoms with Crippen LogP contribution in [0.25, 0.3) is 0 Å². The number of hydrogen-bond donors (Lipinski definition) is 2. The van der Waals surface area contributed by atoms with E-state index < -0.39 is 0 Å². The monoisotopic (exact) mass is 276 g/mol. The summed E-state index contributed by atoms with van der Waals surface area (Å²) in [5.74, 6) is 0.450. The summed E-state index contributed by atoms with van der Waals surface area (Å²) in [6.45, 7) is 0. The number of fused-ring (bicyclic) bond motifs is 1. The molecule has 2 aromatic rings. The van der Waals surface area contributed by atoms with Gasteiger partial charge in [0.25, 0.3) is 5.91 Å². The van der Waals surface area contributed by atoms with E-state index in [0.29, 0.717) is 11.5 Å². The maximum Gasteiger partial charge on any atom is 0.266 e. The predicted molar refractivity (Wildman–Crippen MR) is 76.5 cm³/mol. The van der Waals surface area contributed by atoms with Crippen molar-refractivity contribution in [3.05, 3.63) is 27.6 Å². The Morgan fingerprint density at radius 3 is 2.95 bits per heavy atom. The number of hydrogen-bond acceptors (Lipinski definition) is 4. The van der Waals surface area contributed by atoms with Crippen molar-refractivity contribution in [3.8, 4) is 0 Å². The third kappa shape index (κ3) is 2.23. The van der Waals surface area contributed by atoms with E-state index >= 15 is 0 Å². The van der Waals surface area contributed by atoms with Crippen LogP contribution in [0.15, 0.2) is 12.3 Å². The fraction of sp³-hybridized carbons (Fsp3) is 0.385. The van der Waals surface area contributed by atoms with Gasteiger partial charge in [-0.1, -0.05) is 0 Å². The summed E-state index contributed by atoms with van der Waals surface area (Å²) in [6.07, 6.45) is 6.17. The third-order valence-electron chi connectivity index (χ3n) is 3.42. The third-order valence-corrected chi connectivity index (χ3v) is 4.66. The lowest BCUT2D eigenvalue weighted by Gasteiger charge is -2.08. The smallest absolute Gasteiger partial charge is 0.266 e. The molecule has 0 unspecified atom stereocenters. The van der Waals surface area contributed by atoms with Crippen LogP contribution >= 0.6 is 11.3 Å². The van der Waals surface area contributed by atoms with E-state index in [4.69, 9.17) is 5.73 Å². The van der Waals surface area contributed by atoms with E-state index in [1.54, 1.807) is 23.1 Å². The summed E-state index contributed by atoms with van der Waals surface area (Å²) in [5, 5.41) is 6.84.